The van der Waals surface area contributed by atoms with E-state index in [1.165, 1.54) is 18.2 Å². The summed E-state index contributed by atoms with van der Waals surface area (Å²) >= 11 is 0. The van der Waals surface area contributed by atoms with E-state index < -0.39 is 54.4 Å². The Morgan fingerprint density at radius 2 is 1.82 bits per heavy atom. The molecule has 3 N–H and O–H groups in total. The fraction of sp³-hybridized carbons (Fsp3) is 0.414. The molecule has 204 valence electrons. The lowest BCUT2D eigenvalue weighted by Crippen LogP contribution is -2.48. The van der Waals surface area contributed by atoms with Gasteiger partial charge in [0.05, 0.1) is 23.3 Å². The molecule has 39 heavy (non-hydrogen) atoms. The Labute approximate surface area is 224 Å². The Hall–Kier alpha value is -3.73. The maximum atomic E-state index is 14.3. The molecule has 1 aliphatic carbocycles. The van der Waals surface area contributed by atoms with Gasteiger partial charge in [-0.25, -0.2) is 4.79 Å². The molecular weight excluding hydrogens is 506 g/mol. The average molecular weight is 536 g/mol. The summed E-state index contributed by atoms with van der Waals surface area (Å²) in [5.74, 6) is -1.95. The number of benzene rings is 2. The first-order valence-electron chi connectivity index (χ1n) is 13.0. The van der Waals surface area contributed by atoms with E-state index in [0.717, 1.165) is 0 Å². The van der Waals surface area contributed by atoms with Crippen LogP contribution in [0, 0.1) is 12.8 Å². The highest BCUT2D eigenvalue weighted by Crippen LogP contribution is 2.52. The first-order chi connectivity index (χ1) is 18.5. The number of carbonyl (C=O) groups excluding carboxylic acids is 3. The van der Waals surface area contributed by atoms with Gasteiger partial charge in [0, 0.05) is 23.1 Å². The summed E-state index contributed by atoms with van der Waals surface area (Å²) in [5.41, 5.74) is 1.38. The molecule has 0 saturated carbocycles. The molecule has 4 aliphatic rings. The van der Waals surface area contributed by atoms with Gasteiger partial charge in [0.15, 0.2) is 5.78 Å². The predicted octanol–water partition coefficient (Wildman–Crippen LogP) is 2.62. The van der Waals surface area contributed by atoms with Gasteiger partial charge >= 0.3 is 5.97 Å². The molecule has 10 nitrogen and oxygen atoms in total. The second-order valence-corrected chi connectivity index (χ2v) is 10.9. The number of aryl methyl sites for hydroxylation is 1. The summed E-state index contributed by atoms with van der Waals surface area (Å²) in [6.07, 6.45) is -4.90. The number of allylic oxidation sites excluding steroid dienone is 2. The fourth-order valence-corrected chi connectivity index (χ4v) is 6.07. The lowest BCUT2D eigenvalue weighted by molar-refractivity contribution is -0.216. The highest BCUT2D eigenvalue weighted by Gasteiger charge is 2.54. The smallest absolute Gasteiger partial charge is 0.331 e. The number of rotatable bonds is 3. The molecule has 2 aromatic rings. The summed E-state index contributed by atoms with van der Waals surface area (Å²) in [4.78, 5) is 43.1. The number of aliphatic hydroxyl groups excluding tert-OH is 2. The van der Waals surface area contributed by atoms with E-state index in [0.29, 0.717) is 11.1 Å². The van der Waals surface area contributed by atoms with Gasteiger partial charge in [-0.05, 0) is 43.5 Å². The second kappa shape index (κ2) is 8.90. The number of ketones is 2. The van der Waals surface area contributed by atoms with Gasteiger partial charge in [0.25, 0.3) is 0 Å². The molecule has 0 radical (unpaired) electrons. The van der Waals surface area contributed by atoms with Crippen LogP contribution in [0.1, 0.15) is 70.8 Å². The van der Waals surface area contributed by atoms with Gasteiger partial charge in [0.2, 0.25) is 18.3 Å². The van der Waals surface area contributed by atoms with Crippen molar-refractivity contribution in [1.82, 2.24) is 4.90 Å². The van der Waals surface area contributed by atoms with E-state index in [4.69, 9.17) is 14.2 Å². The molecule has 2 saturated heterocycles. The second-order valence-electron chi connectivity index (χ2n) is 10.9. The number of esters is 1. The van der Waals surface area contributed by atoms with E-state index in [1.54, 1.807) is 30.9 Å². The summed E-state index contributed by atoms with van der Waals surface area (Å²) in [5, 5.41) is 31.2. The molecule has 2 fully saturated rings. The van der Waals surface area contributed by atoms with Gasteiger partial charge in [-0.2, -0.15) is 0 Å². The monoisotopic (exact) mass is 535 g/mol. The summed E-state index contributed by atoms with van der Waals surface area (Å²) in [6, 6.07) is 7.04. The van der Waals surface area contributed by atoms with Crippen molar-refractivity contribution < 1.29 is 43.9 Å². The molecule has 1 unspecified atom stereocenters. The minimum atomic E-state index is -1.09. The van der Waals surface area contributed by atoms with Gasteiger partial charge < -0.3 is 34.4 Å². The topological polar surface area (TPSA) is 143 Å². The number of aliphatic hydroxyl groups is 2. The minimum Gasteiger partial charge on any atom is -0.507 e. The number of fused-ring (bicyclic) bond motifs is 6. The quantitative estimate of drug-likeness (QED) is 0.502. The van der Waals surface area contributed by atoms with Crippen molar-refractivity contribution in [2.45, 2.75) is 71.0 Å². The SMILES string of the molecule is Cc1cc(O)c2c(c1)[C@@H]1OC(=O)[C@H](C(C)C)N1C1=C2C(=O)c2cccc(OC3C[C@@H](O)[C@@H](O)[C@H](C)O3)c2C1=O. The third kappa shape index (κ3) is 3.70. The van der Waals surface area contributed by atoms with E-state index >= 15 is 0 Å². The Morgan fingerprint density at radius 1 is 1.08 bits per heavy atom. The van der Waals surface area contributed by atoms with E-state index in [1.807, 2.05) is 13.8 Å². The van der Waals surface area contributed by atoms with Crippen molar-refractivity contribution in [2.75, 3.05) is 0 Å². The maximum Gasteiger partial charge on any atom is 0.331 e. The van der Waals surface area contributed by atoms with Crippen LogP contribution in [-0.4, -0.2) is 68.4 Å². The molecule has 6 atom stereocenters. The lowest BCUT2D eigenvalue weighted by Gasteiger charge is -2.40. The van der Waals surface area contributed by atoms with Crippen molar-refractivity contribution in [1.29, 1.82) is 0 Å². The van der Waals surface area contributed by atoms with Crippen molar-refractivity contribution in [3.05, 3.63) is 63.8 Å². The average Bonchev–Trinajstić information content (AvgIpc) is 3.22. The summed E-state index contributed by atoms with van der Waals surface area (Å²) in [6.45, 7) is 7.04. The number of hydrogen-bond donors (Lipinski definition) is 3. The molecule has 0 spiro atoms. The molecule has 0 aromatic heterocycles. The van der Waals surface area contributed by atoms with Crippen LogP contribution in [0.15, 0.2) is 36.0 Å². The van der Waals surface area contributed by atoms with E-state index in [2.05, 4.69) is 0 Å². The van der Waals surface area contributed by atoms with Crippen molar-refractivity contribution in [3.8, 4) is 11.5 Å². The number of aromatic hydroxyl groups is 1. The zero-order valence-corrected chi connectivity index (χ0v) is 21.9. The largest absolute Gasteiger partial charge is 0.507 e. The number of phenolic OH excluding ortho intramolecular Hbond substituents is 1. The number of nitrogens with zero attached hydrogens (tertiary/aromatic N) is 1. The molecule has 3 heterocycles. The van der Waals surface area contributed by atoms with E-state index in [9.17, 15) is 29.7 Å². The Balaban J connectivity index is 1.52. The standard InChI is InChI=1S/C29H29NO9/c1-11(2)23-29(36)39-28-15-8-12(3)9-16(31)20(15)22-24(30(23)28)27(35)21-14(26(22)34)6-5-7-18(21)38-19-10-17(32)25(33)13(4)37-19/h5-9,11,13,17,19,23,25,28,31-33H,10H2,1-4H3/t13-,17+,19?,23-,25-,28-/m0/s1. The van der Waals surface area contributed by atoms with Crippen LogP contribution in [-0.2, 0) is 14.3 Å². The molecular formula is C29H29NO9. The molecule has 3 aliphatic heterocycles. The zero-order valence-electron chi connectivity index (χ0n) is 21.9. The van der Waals surface area contributed by atoms with Gasteiger partial charge in [-0.15, -0.1) is 0 Å². The molecule has 0 amide bonds. The third-order valence-electron chi connectivity index (χ3n) is 7.83. The van der Waals surface area contributed by atoms with Crippen LogP contribution in [0.5, 0.6) is 11.5 Å². The maximum absolute atomic E-state index is 14.3. The number of hydrogen-bond acceptors (Lipinski definition) is 10. The van der Waals surface area contributed by atoms with Crippen molar-refractivity contribution >= 4 is 23.1 Å². The summed E-state index contributed by atoms with van der Waals surface area (Å²) in [7, 11) is 0. The molecule has 6 rings (SSSR count). The normalized spacial score (nSPS) is 29.6. The highest BCUT2D eigenvalue weighted by atomic mass is 16.7. The van der Waals surface area contributed by atoms with Gasteiger partial charge in [-0.1, -0.05) is 26.0 Å². The first-order valence-corrected chi connectivity index (χ1v) is 13.0. The van der Waals surface area contributed by atoms with Crippen LogP contribution in [0.3, 0.4) is 0 Å². The Morgan fingerprint density at radius 3 is 2.51 bits per heavy atom. The fourth-order valence-electron chi connectivity index (χ4n) is 6.07. The van der Waals surface area contributed by atoms with Crippen LogP contribution in [0.4, 0.5) is 0 Å². The van der Waals surface area contributed by atoms with Crippen LogP contribution < -0.4 is 4.74 Å². The molecule has 0 bridgehead atoms. The number of carbonyl (C=O) groups is 3. The van der Waals surface area contributed by atoms with Crippen LogP contribution >= 0.6 is 0 Å². The van der Waals surface area contributed by atoms with Crippen molar-refractivity contribution in [2.24, 2.45) is 5.92 Å². The Bertz CT molecular complexity index is 1450. The zero-order chi connectivity index (χ0) is 27.9. The molecule has 10 heteroatoms. The highest BCUT2D eigenvalue weighted by molar-refractivity contribution is 6.41. The van der Waals surface area contributed by atoms with Gasteiger partial charge in [0.1, 0.15) is 29.3 Å². The Kier molecular flexibility index (Phi) is 5.83. The predicted molar refractivity (Wildman–Crippen MR) is 136 cm³/mol. The van der Waals surface area contributed by atoms with Gasteiger partial charge in [-0.3, -0.25) is 9.59 Å². The van der Waals surface area contributed by atoms with Crippen LogP contribution in [0.25, 0.3) is 5.57 Å². The summed E-state index contributed by atoms with van der Waals surface area (Å²) < 4.78 is 17.4. The number of ether oxygens (including phenoxy) is 3. The lowest BCUT2D eigenvalue weighted by atomic mass is 9.78. The number of phenols is 1. The van der Waals surface area contributed by atoms with Crippen molar-refractivity contribution in [3.63, 3.8) is 0 Å². The first kappa shape index (κ1) is 25.5. The minimum absolute atomic E-state index is 0.00577. The third-order valence-corrected chi connectivity index (χ3v) is 7.83. The number of Topliss-reactive ketones (excluding diaryl/α,β-unsaturated/α-hetero) is 2. The molecule has 2 aromatic carbocycles. The van der Waals surface area contributed by atoms with Crippen LogP contribution in [0.2, 0.25) is 0 Å². The van der Waals surface area contributed by atoms with E-state index in [-0.39, 0.29) is 51.8 Å².